The highest BCUT2D eigenvalue weighted by molar-refractivity contribution is 4.81. The molecule has 0 N–H and O–H groups in total. The van der Waals surface area contributed by atoms with Crippen LogP contribution in [0.1, 0.15) is 130 Å². The Balaban J connectivity index is 3.66. The fourth-order valence-corrected chi connectivity index (χ4v) is 3.70. The second-order valence-electron chi connectivity index (χ2n) is 7.83. The molecule has 2 unspecified atom stereocenters. The van der Waals surface area contributed by atoms with Gasteiger partial charge in [0.15, 0.2) is 0 Å². The lowest BCUT2D eigenvalue weighted by atomic mass is 9.85. The smallest absolute Gasteiger partial charge is 0.0326 e. The Morgan fingerprint density at radius 1 is 0.522 bits per heavy atom. The van der Waals surface area contributed by atoms with Gasteiger partial charge < -0.3 is 0 Å². The number of hydrogen-bond acceptors (Lipinski definition) is 0. The fourth-order valence-electron chi connectivity index (χ4n) is 3.70. The zero-order chi connectivity index (χ0) is 17.2. The first-order valence-corrected chi connectivity index (χ1v) is 11.1. The predicted octanol–water partition coefficient (Wildman–Crippen LogP) is 8.74. The average molecular weight is 324 g/mol. The summed E-state index contributed by atoms with van der Waals surface area (Å²) in [5, 5.41) is 0. The maximum atomic E-state index is 2.71. The molecule has 23 heavy (non-hydrogen) atoms. The minimum Gasteiger partial charge on any atom is -0.0654 e. The molecule has 0 aromatic carbocycles. The van der Waals surface area contributed by atoms with Crippen LogP contribution in [0.25, 0.3) is 0 Å². The van der Waals surface area contributed by atoms with E-state index in [2.05, 4.69) is 34.1 Å². The lowest BCUT2D eigenvalue weighted by molar-refractivity contribution is 0.408. The first-order chi connectivity index (χ1) is 11.2. The number of unbranched alkanes of at least 4 members (excludes halogenated alkanes) is 10. The Kier molecular flexibility index (Phi) is 18.3. The van der Waals surface area contributed by atoms with E-state index in [1.54, 1.807) is 0 Å². The Bertz CT molecular complexity index is 208. The third-order valence-electron chi connectivity index (χ3n) is 5.20. The summed E-state index contributed by atoms with van der Waals surface area (Å²) < 4.78 is 0. The van der Waals surface area contributed by atoms with Crippen LogP contribution in [0.5, 0.6) is 0 Å². The molecule has 0 nitrogen and oxygen atoms in total. The Morgan fingerprint density at radius 3 is 1.52 bits per heavy atom. The van der Waals surface area contributed by atoms with Crippen molar-refractivity contribution >= 4 is 0 Å². The monoisotopic (exact) mass is 323 g/mol. The summed E-state index contributed by atoms with van der Waals surface area (Å²) in [4.78, 5) is 0. The Labute approximate surface area is 149 Å². The molecule has 2 atom stereocenters. The van der Waals surface area contributed by atoms with Crippen LogP contribution in [0.4, 0.5) is 0 Å². The van der Waals surface area contributed by atoms with E-state index in [4.69, 9.17) is 0 Å². The van der Waals surface area contributed by atoms with Crippen LogP contribution in [0.3, 0.4) is 0 Å². The molecule has 0 aliphatic heterocycles. The van der Waals surface area contributed by atoms with Crippen molar-refractivity contribution in [2.45, 2.75) is 130 Å². The third-order valence-corrected chi connectivity index (χ3v) is 5.20. The van der Waals surface area contributed by atoms with Crippen molar-refractivity contribution in [3.05, 3.63) is 6.42 Å². The molecule has 0 fully saturated rings. The highest BCUT2D eigenvalue weighted by Crippen LogP contribution is 2.25. The minimum absolute atomic E-state index is 0.831. The molecule has 0 aromatic rings. The Hall–Kier alpha value is 0. The zero-order valence-corrected chi connectivity index (χ0v) is 17.0. The van der Waals surface area contributed by atoms with E-state index in [9.17, 15) is 0 Å². The number of rotatable bonds is 18. The summed E-state index contributed by atoms with van der Waals surface area (Å²) in [5.41, 5.74) is 0. The molecule has 0 aliphatic rings. The van der Waals surface area contributed by atoms with Gasteiger partial charge in [-0.3, -0.25) is 0 Å². The molecule has 139 valence electrons. The molecule has 0 spiro atoms. The molecule has 0 aromatic heterocycles. The van der Waals surface area contributed by atoms with Crippen LogP contribution >= 0.6 is 0 Å². The van der Waals surface area contributed by atoms with Crippen molar-refractivity contribution in [3.63, 3.8) is 0 Å². The fraction of sp³-hybridized carbons (Fsp3) is 0.957. The highest BCUT2D eigenvalue weighted by atomic mass is 14.2. The van der Waals surface area contributed by atoms with Crippen molar-refractivity contribution in [2.24, 2.45) is 11.8 Å². The normalized spacial score (nSPS) is 14.1. The lowest BCUT2D eigenvalue weighted by Crippen LogP contribution is -2.08. The van der Waals surface area contributed by atoms with Gasteiger partial charge in [-0.25, -0.2) is 0 Å². The summed E-state index contributed by atoms with van der Waals surface area (Å²) >= 11 is 0. The highest BCUT2D eigenvalue weighted by Gasteiger charge is 2.12. The van der Waals surface area contributed by atoms with Crippen LogP contribution in [-0.2, 0) is 0 Å². The molecule has 1 radical (unpaired) electrons. The summed E-state index contributed by atoms with van der Waals surface area (Å²) in [5.74, 6) is 1.72. The second-order valence-corrected chi connectivity index (χ2v) is 7.83. The molecule has 0 saturated heterocycles. The first kappa shape index (κ1) is 23.0. The zero-order valence-electron chi connectivity index (χ0n) is 17.0. The molecular weight excluding hydrogens is 276 g/mol. The number of hydrogen-bond donors (Lipinski definition) is 0. The lowest BCUT2D eigenvalue weighted by Gasteiger charge is -2.20. The molecule has 0 heterocycles. The van der Waals surface area contributed by atoms with Crippen LogP contribution in [0, 0.1) is 18.3 Å². The van der Waals surface area contributed by atoms with E-state index in [-0.39, 0.29) is 0 Å². The topological polar surface area (TPSA) is 0 Å². The molecule has 0 amide bonds. The van der Waals surface area contributed by atoms with Crippen LogP contribution in [-0.4, -0.2) is 0 Å². The SMILES string of the molecule is CCCCCCCCC(C)[CH]C(CCC)CCCCCCCC. The Morgan fingerprint density at radius 2 is 1.00 bits per heavy atom. The van der Waals surface area contributed by atoms with Crippen molar-refractivity contribution in [1.29, 1.82) is 0 Å². The minimum atomic E-state index is 0.831. The standard InChI is InChI=1S/C23H47/c1-5-8-10-12-14-16-19-22(4)21-23(18-7-3)20-17-15-13-11-9-6-2/h21-23H,5-20H2,1-4H3. The van der Waals surface area contributed by atoms with E-state index in [0.717, 1.165) is 11.8 Å². The summed E-state index contributed by atoms with van der Waals surface area (Å²) in [6.07, 6.45) is 25.5. The van der Waals surface area contributed by atoms with Crippen LogP contribution in [0.15, 0.2) is 0 Å². The van der Waals surface area contributed by atoms with Crippen LogP contribution < -0.4 is 0 Å². The molecule has 0 aliphatic carbocycles. The summed E-state index contributed by atoms with van der Waals surface area (Å²) in [7, 11) is 0. The first-order valence-electron chi connectivity index (χ1n) is 11.1. The second kappa shape index (κ2) is 18.3. The van der Waals surface area contributed by atoms with Gasteiger partial charge in [-0.15, -0.1) is 0 Å². The van der Waals surface area contributed by atoms with E-state index in [0.29, 0.717) is 0 Å². The van der Waals surface area contributed by atoms with E-state index in [1.807, 2.05) is 0 Å². The predicted molar refractivity (Wildman–Crippen MR) is 108 cm³/mol. The van der Waals surface area contributed by atoms with Crippen molar-refractivity contribution < 1.29 is 0 Å². The molecule has 0 bridgehead atoms. The summed E-state index contributed by atoms with van der Waals surface area (Å²) in [6.45, 7) is 9.41. The van der Waals surface area contributed by atoms with Crippen molar-refractivity contribution in [1.82, 2.24) is 0 Å². The van der Waals surface area contributed by atoms with E-state index in [1.165, 1.54) is 103 Å². The van der Waals surface area contributed by atoms with Gasteiger partial charge in [-0.2, -0.15) is 0 Å². The van der Waals surface area contributed by atoms with E-state index >= 15 is 0 Å². The maximum Gasteiger partial charge on any atom is -0.0326 e. The van der Waals surface area contributed by atoms with Gasteiger partial charge in [-0.1, -0.05) is 130 Å². The van der Waals surface area contributed by atoms with Crippen molar-refractivity contribution in [2.75, 3.05) is 0 Å². The van der Waals surface area contributed by atoms with Gasteiger partial charge in [0, 0.05) is 0 Å². The van der Waals surface area contributed by atoms with Crippen molar-refractivity contribution in [3.8, 4) is 0 Å². The van der Waals surface area contributed by atoms with Gasteiger partial charge in [-0.05, 0) is 18.3 Å². The average Bonchev–Trinajstić information content (AvgIpc) is 2.54. The quantitative estimate of drug-likeness (QED) is 0.221. The molecule has 0 rings (SSSR count). The maximum absolute atomic E-state index is 2.71. The molecule has 0 saturated carbocycles. The van der Waals surface area contributed by atoms with E-state index < -0.39 is 0 Å². The van der Waals surface area contributed by atoms with Gasteiger partial charge in [0.05, 0.1) is 0 Å². The van der Waals surface area contributed by atoms with Gasteiger partial charge in [0.1, 0.15) is 0 Å². The summed E-state index contributed by atoms with van der Waals surface area (Å²) in [6, 6.07) is 0. The molecule has 0 heteroatoms. The van der Waals surface area contributed by atoms with Gasteiger partial charge in [0.25, 0.3) is 0 Å². The largest absolute Gasteiger partial charge is 0.0654 e. The van der Waals surface area contributed by atoms with Gasteiger partial charge >= 0.3 is 0 Å². The molecular formula is C23H47. The third kappa shape index (κ3) is 16.6. The van der Waals surface area contributed by atoms with Gasteiger partial charge in [0.2, 0.25) is 0 Å². The van der Waals surface area contributed by atoms with Crippen LogP contribution in [0.2, 0.25) is 0 Å².